The first-order valence-corrected chi connectivity index (χ1v) is 4.37. The molecule has 0 amide bonds. The number of nitrogens with zero attached hydrogens (tertiary/aromatic N) is 2. The highest BCUT2D eigenvalue weighted by Gasteiger charge is 2.26. The van der Waals surface area contributed by atoms with E-state index < -0.39 is 0 Å². The smallest absolute Gasteiger partial charge is 0.0899 e. The van der Waals surface area contributed by atoms with E-state index in [-0.39, 0.29) is 6.04 Å². The highest BCUT2D eigenvalue weighted by Crippen LogP contribution is 2.18. The molecule has 3 nitrogen and oxygen atoms in total. The van der Waals surface area contributed by atoms with Crippen LogP contribution in [0.1, 0.15) is 0 Å². The highest BCUT2D eigenvalue weighted by atomic mass is 15.3. The standard InChI is InChI=1S/C10H9N3/c1-2-4-8-7(3-1)5-9-10(12-8)6-11-13-9/h1-6,8,10,12H. The van der Waals surface area contributed by atoms with Crippen LogP contribution in [0.3, 0.4) is 0 Å². The minimum atomic E-state index is 0.213. The van der Waals surface area contributed by atoms with Gasteiger partial charge in [-0.3, -0.25) is 5.32 Å². The van der Waals surface area contributed by atoms with Crippen LogP contribution >= 0.6 is 0 Å². The molecule has 3 aliphatic rings. The molecule has 3 heteroatoms. The predicted octanol–water partition coefficient (Wildman–Crippen LogP) is 0.820. The Balaban J connectivity index is 2.04. The molecule has 0 saturated heterocycles. The number of hydrogen-bond acceptors (Lipinski definition) is 3. The first-order valence-electron chi connectivity index (χ1n) is 4.37. The molecule has 1 N–H and O–H groups in total. The van der Waals surface area contributed by atoms with E-state index in [9.17, 15) is 0 Å². The van der Waals surface area contributed by atoms with Crippen molar-refractivity contribution in [2.75, 3.05) is 0 Å². The highest BCUT2D eigenvalue weighted by molar-refractivity contribution is 6.13. The zero-order valence-electron chi connectivity index (χ0n) is 7.01. The van der Waals surface area contributed by atoms with Gasteiger partial charge in [-0.2, -0.15) is 10.2 Å². The Kier molecular flexibility index (Phi) is 1.34. The van der Waals surface area contributed by atoms with Crippen molar-refractivity contribution in [2.24, 2.45) is 10.2 Å². The summed E-state index contributed by atoms with van der Waals surface area (Å²) in [6.07, 6.45) is 12.3. The molecular formula is C10H9N3. The van der Waals surface area contributed by atoms with Gasteiger partial charge in [-0.1, -0.05) is 24.3 Å². The zero-order valence-corrected chi connectivity index (χ0v) is 7.01. The summed E-state index contributed by atoms with van der Waals surface area (Å²) in [5, 5.41) is 11.4. The van der Waals surface area contributed by atoms with Crippen LogP contribution in [-0.2, 0) is 0 Å². The number of rotatable bonds is 0. The average Bonchev–Trinajstić information content (AvgIpc) is 2.61. The lowest BCUT2D eigenvalue weighted by Gasteiger charge is -2.26. The molecule has 3 rings (SSSR count). The third kappa shape index (κ3) is 1.01. The first kappa shape index (κ1) is 6.97. The van der Waals surface area contributed by atoms with E-state index in [1.54, 1.807) is 0 Å². The van der Waals surface area contributed by atoms with E-state index in [2.05, 4.69) is 39.8 Å². The van der Waals surface area contributed by atoms with Crippen molar-refractivity contribution >= 4 is 11.9 Å². The summed E-state index contributed by atoms with van der Waals surface area (Å²) < 4.78 is 0. The molecule has 0 aromatic carbocycles. The summed E-state index contributed by atoms with van der Waals surface area (Å²) in [5.41, 5.74) is 2.29. The maximum absolute atomic E-state index is 4.04. The van der Waals surface area contributed by atoms with E-state index in [4.69, 9.17) is 0 Å². The summed E-state index contributed by atoms with van der Waals surface area (Å²) in [6.45, 7) is 0. The van der Waals surface area contributed by atoms with Gasteiger partial charge in [-0.05, 0) is 11.6 Å². The Morgan fingerprint density at radius 3 is 3.23 bits per heavy atom. The molecule has 13 heavy (non-hydrogen) atoms. The molecule has 2 aliphatic heterocycles. The fraction of sp³-hybridized carbons (Fsp3) is 0.200. The summed E-state index contributed by atoms with van der Waals surface area (Å²) in [4.78, 5) is 0. The quantitative estimate of drug-likeness (QED) is 0.575. The van der Waals surface area contributed by atoms with Crippen molar-refractivity contribution < 1.29 is 0 Å². The van der Waals surface area contributed by atoms with Crippen LogP contribution in [0.2, 0.25) is 0 Å². The number of hydrogen-bond donors (Lipinski definition) is 1. The first-order chi connectivity index (χ1) is 6.43. The van der Waals surface area contributed by atoms with Gasteiger partial charge in [0.05, 0.1) is 24.0 Å². The monoisotopic (exact) mass is 171 g/mol. The predicted molar refractivity (Wildman–Crippen MR) is 53.0 cm³/mol. The van der Waals surface area contributed by atoms with Gasteiger partial charge >= 0.3 is 0 Å². The van der Waals surface area contributed by atoms with Gasteiger partial charge in [0.2, 0.25) is 0 Å². The van der Waals surface area contributed by atoms with Crippen molar-refractivity contribution in [3.63, 3.8) is 0 Å². The second-order valence-corrected chi connectivity index (χ2v) is 3.30. The van der Waals surface area contributed by atoms with Crippen LogP contribution in [0.15, 0.2) is 46.2 Å². The second kappa shape index (κ2) is 2.50. The van der Waals surface area contributed by atoms with Crippen LogP contribution in [-0.4, -0.2) is 24.0 Å². The molecule has 0 bridgehead atoms. The topological polar surface area (TPSA) is 36.8 Å². The Hall–Kier alpha value is -1.48. The SMILES string of the molecule is C1=CC2=CC3=NN=CC3NC2C=C1. The van der Waals surface area contributed by atoms with Gasteiger partial charge in [-0.25, -0.2) is 0 Å². The molecule has 0 spiro atoms. The summed E-state index contributed by atoms with van der Waals surface area (Å²) in [7, 11) is 0. The van der Waals surface area contributed by atoms with Crippen LogP contribution in [0.5, 0.6) is 0 Å². The fourth-order valence-corrected chi connectivity index (χ4v) is 1.76. The lowest BCUT2D eigenvalue weighted by Crippen LogP contribution is -2.46. The normalized spacial score (nSPS) is 33.8. The molecule has 64 valence electrons. The number of fused-ring (bicyclic) bond motifs is 2. The average molecular weight is 171 g/mol. The van der Waals surface area contributed by atoms with Crippen molar-refractivity contribution in [1.29, 1.82) is 0 Å². The Labute approximate surface area is 76.2 Å². The van der Waals surface area contributed by atoms with Crippen molar-refractivity contribution in [3.8, 4) is 0 Å². The van der Waals surface area contributed by atoms with Crippen LogP contribution < -0.4 is 5.32 Å². The third-order valence-electron chi connectivity index (χ3n) is 2.44. The van der Waals surface area contributed by atoms with Crippen LogP contribution in [0.4, 0.5) is 0 Å². The molecule has 0 fully saturated rings. The molecule has 0 radical (unpaired) electrons. The minimum Gasteiger partial charge on any atom is -0.294 e. The van der Waals surface area contributed by atoms with E-state index >= 15 is 0 Å². The zero-order chi connectivity index (χ0) is 8.67. The second-order valence-electron chi connectivity index (χ2n) is 3.30. The molecule has 0 aromatic heterocycles. The lowest BCUT2D eigenvalue weighted by atomic mass is 9.94. The summed E-state index contributed by atoms with van der Waals surface area (Å²) >= 11 is 0. The van der Waals surface area contributed by atoms with Gasteiger partial charge in [0, 0.05) is 0 Å². The van der Waals surface area contributed by atoms with Gasteiger partial charge in [-0.15, -0.1) is 0 Å². The van der Waals surface area contributed by atoms with Crippen molar-refractivity contribution in [1.82, 2.24) is 5.32 Å². The number of nitrogens with one attached hydrogen (secondary N) is 1. The van der Waals surface area contributed by atoms with Crippen LogP contribution in [0, 0.1) is 0 Å². The maximum atomic E-state index is 4.04. The van der Waals surface area contributed by atoms with Gasteiger partial charge in [0.25, 0.3) is 0 Å². The molecule has 2 heterocycles. The van der Waals surface area contributed by atoms with E-state index in [0.29, 0.717) is 6.04 Å². The van der Waals surface area contributed by atoms with Gasteiger partial charge in [0.15, 0.2) is 0 Å². The molecule has 1 aliphatic carbocycles. The third-order valence-corrected chi connectivity index (χ3v) is 2.44. The summed E-state index contributed by atoms with van der Waals surface area (Å²) in [6, 6.07) is 0.545. The van der Waals surface area contributed by atoms with E-state index in [0.717, 1.165) is 5.71 Å². The van der Waals surface area contributed by atoms with Crippen molar-refractivity contribution in [3.05, 3.63) is 36.0 Å². The molecule has 0 aromatic rings. The van der Waals surface area contributed by atoms with E-state index in [1.165, 1.54) is 5.57 Å². The Bertz CT molecular complexity index is 385. The Morgan fingerprint density at radius 2 is 2.23 bits per heavy atom. The molecule has 0 saturated carbocycles. The molecule has 2 atom stereocenters. The number of allylic oxidation sites excluding steroid dienone is 2. The van der Waals surface area contributed by atoms with Gasteiger partial charge in [0.1, 0.15) is 0 Å². The van der Waals surface area contributed by atoms with Gasteiger partial charge < -0.3 is 0 Å². The lowest BCUT2D eigenvalue weighted by molar-refractivity contribution is 0.678. The van der Waals surface area contributed by atoms with E-state index in [1.807, 2.05) is 12.3 Å². The molecular weight excluding hydrogens is 162 g/mol. The summed E-state index contributed by atoms with van der Waals surface area (Å²) in [5.74, 6) is 0. The largest absolute Gasteiger partial charge is 0.294 e. The van der Waals surface area contributed by atoms with Crippen LogP contribution in [0.25, 0.3) is 0 Å². The maximum Gasteiger partial charge on any atom is 0.0899 e. The fourth-order valence-electron chi connectivity index (χ4n) is 1.76. The molecule has 2 unspecified atom stereocenters. The van der Waals surface area contributed by atoms with Crippen molar-refractivity contribution in [2.45, 2.75) is 12.1 Å². The minimum absolute atomic E-state index is 0.213. The Morgan fingerprint density at radius 1 is 1.23 bits per heavy atom.